The number of likely N-dealkylation sites (tertiary alicyclic amines) is 1. The van der Waals surface area contributed by atoms with Crippen molar-refractivity contribution in [1.82, 2.24) is 10.2 Å². The Balaban J connectivity index is 1.62. The minimum absolute atomic E-state index is 0.0220. The molecule has 1 aromatic rings. The highest BCUT2D eigenvalue weighted by molar-refractivity contribution is 5.88. The molecular formula is C16H23N3O. The van der Waals surface area contributed by atoms with E-state index in [1.165, 1.54) is 32.1 Å². The molecule has 2 aliphatic heterocycles. The van der Waals surface area contributed by atoms with Crippen molar-refractivity contribution in [1.29, 1.82) is 0 Å². The van der Waals surface area contributed by atoms with Crippen molar-refractivity contribution in [2.45, 2.75) is 26.4 Å². The van der Waals surface area contributed by atoms with Gasteiger partial charge in [-0.3, -0.25) is 9.69 Å². The first kappa shape index (κ1) is 13.6. The van der Waals surface area contributed by atoms with Crippen LogP contribution in [0.5, 0.6) is 0 Å². The molecule has 0 radical (unpaired) electrons. The van der Waals surface area contributed by atoms with Crippen LogP contribution in [0.1, 0.15) is 19.4 Å². The maximum Gasteiger partial charge on any atom is 0.221 e. The fourth-order valence-electron chi connectivity index (χ4n) is 3.60. The molecule has 4 heteroatoms. The number of nitrogens with one attached hydrogen (secondary N) is 2. The smallest absolute Gasteiger partial charge is 0.221 e. The number of benzene rings is 1. The van der Waals surface area contributed by atoms with Crippen LogP contribution in [0, 0.1) is 11.8 Å². The first-order valence-corrected chi connectivity index (χ1v) is 7.45. The zero-order chi connectivity index (χ0) is 14.1. The number of nitrogens with zero attached hydrogens (tertiary/aromatic N) is 1. The molecule has 3 rings (SSSR count). The van der Waals surface area contributed by atoms with Crippen LogP contribution < -0.4 is 10.6 Å². The SMILES string of the molecule is CC(=O)Nc1ccc(CN2CC3CNCC3C2C)cc1. The van der Waals surface area contributed by atoms with Crippen molar-refractivity contribution in [2.75, 3.05) is 25.0 Å². The van der Waals surface area contributed by atoms with E-state index in [9.17, 15) is 4.79 Å². The molecule has 0 bridgehead atoms. The van der Waals surface area contributed by atoms with Gasteiger partial charge in [-0.25, -0.2) is 0 Å². The van der Waals surface area contributed by atoms with Gasteiger partial charge >= 0.3 is 0 Å². The molecule has 3 unspecified atom stereocenters. The average Bonchev–Trinajstić information content (AvgIpc) is 2.96. The van der Waals surface area contributed by atoms with Crippen LogP contribution in [0.15, 0.2) is 24.3 Å². The Labute approximate surface area is 120 Å². The van der Waals surface area contributed by atoms with Crippen LogP contribution in [0.4, 0.5) is 5.69 Å². The number of anilines is 1. The molecule has 1 amide bonds. The molecule has 0 spiro atoms. The van der Waals surface area contributed by atoms with Gasteiger partial charge in [0.05, 0.1) is 0 Å². The Morgan fingerprint density at radius 3 is 2.75 bits per heavy atom. The highest BCUT2D eigenvalue weighted by Gasteiger charge is 2.41. The maximum absolute atomic E-state index is 11.0. The zero-order valence-corrected chi connectivity index (χ0v) is 12.2. The van der Waals surface area contributed by atoms with Crippen molar-refractivity contribution < 1.29 is 4.79 Å². The van der Waals surface area contributed by atoms with E-state index < -0.39 is 0 Å². The molecule has 3 atom stereocenters. The quantitative estimate of drug-likeness (QED) is 0.881. The lowest BCUT2D eigenvalue weighted by Gasteiger charge is -2.24. The van der Waals surface area contributed by atoms with E-state index in [4.69, 9.17) is 0 Å². The van der Waals surface area contributed by atoms with Gasteiger partial charge < -0.3 is 10.6 Å². The summed E-state index contributed by atoms with van der Waals surface area (Å²) >= 11 is 0. The topological polar surface area (TPSA) is 44.4 Å². The molecule has 0 aliphatic carbocycles. The second kappa shape index (κ2) is 5.54. The number of fused-ring (bicyclic) bond motifs is 1. The summed E-state index contributed by atoms with van der Waals surface area (Å²) in [5.41, 5.74) is 2.19. The largest absolute Gasteiger partial charge is 0.326 e. The van der Waals surface area contributed by atoms with Gasteiger partial charge in [-0.2, -0.15) is 0 Å². The van der Waals surface area contributed by atoms with E-state index in [2.05, 4.69) is 34.6 Å². The van der Waals surface area contributed by atoms with E-state index in [1.54, 1.807) is 0 Å². The van der Waals surface area contributed by atoms with E-state index in [-0.39, 0.29) is 5.91 Å². The second-order valence-corrected chi connectivity index (χ2v) is 6.13. The summed E-state index contributed by atoms with van der Waals surface area (Å²) in [4.78, 5) is 13.6. The molecule has 2 heterocycles. The summed E-state index contributed by atoms with van der Waals surface area (Å²) in [6.07, 6.45) is 0. The summed E-state index contributed by atoms with van der Waals surface area (Å²) in [5, 5.41) is 6.30. The van der Waals surface area contributed by atoms with Crippen molar-refractivity contribution in [2.24, 2.45) is 11.8 Å². The lowest BCUT2D eigenvalue weighted by Crippen LogP contribution is -2.32. The molecule has 2 saturated heterocycles. The summed E-state index contributed by atoms with van der Waals surface area (Å²) in [6, 6.07) is 8.86. The van der Waals surface area contributed by atoms with Gasteiger partial charge in [-0.1, -0.05) is 12.1 Å². The minimum atomic E-state index is -0.0220. The van der Waals surface area contributed by atoms with Crippen molar-refractivity contribution in [3.05, 3.63) is 29.8 Å². The molecule has 2 N–H and O–H groups in total. The van der Waals surface area contributed by atoms with Crippen molar-refractivity contribution in [3.8, 4) is 0 Å². The third kappa shape index (κ3) is 2.72. The van der Waals surface area contributed by atoms with Crippen LogP contribution in [0.25, 0.3) is 0 Å². The van der Waals surface area contributed by atoms with Gasteiger partial charge in [0.2, 0.25) is 5.91 Å². The molecule has 0 saturated carbocycles. The Hall–Kier alpha value is -1.39. The molecule has 2 fully saturated rings. The van der Waals surface area contributed by atoms with Gasteiger partial charge in [0.1, 0.15) is 0 Å². The van der Waals surface area contributed by atoms with E-state index in [1.807, 2.05) is 12.1 Å². The Morgan fingerprint density at radius 1 is 1.35 bits per heavy atom. The maximum atomic E-state index is 11.0. The molecular weight excluding hydrogens is 250 g/mol. The van der Waals surface area contributed by atoms with E-state index in [0.717, 1.165) is 24.1 Å². The monoisotopic (exact) mass is 273 g/mol. The normalized spacial score (nSPS) is 29.4. The van der Waals surface area contributed by atoms with Gasteiger partial charge in [0, 0.05) is 31.7 Å². The summed E-state index contributed by atoms with van der Waals surface area (Å²) in [6.45, 7) is 8.44. The number of rotatable bonds is 3. The highest BCUT2D eigenvalue weighted by atomic mass is 16.1. The standard InChI is InChI=1S/C16H23N3O/c1-11-16-8-17-7-14(16)10-19(11)9-13-3-5-15(6-4-13)18-12(2)20/h3-6,11,14,16-17H,7-10H2,1-2H3,(H,18,20). The Kier molecular flexibility index (Phi) is 3.76. The van der Waals surface area contributed by atoms with Crippen LogP contribution in [-0.2, 0) is 11.3 Å². The Morgan fingerprint density at radius 2 is 2.10 bits per heavy atom. The van der Waals surface area contributed by atoms with Gasteiger partial charge in [-0.15, -0.1) is 0 Å². The lowest BCUT2D eigenvalue weighted by molar-refractivity contribution is -0.114. The third-order valence-corrected chi connectivity index (χ3v) is 4.72. The number of carbonyl (C=O) groups excluding carboxylic acids is 1. The minimum Gasteiger partial charge on any atom is -0.326 e. The van der Waals surface area contributed by atoms with E-state index in [0.29, 0.717) is 6.04 Å². The number of hydrogen-bond acceptors (Lipinski definition) is 3. The molecule has 2 aliphatic rings. The fourth-order valence-corrected chi connectivity index (χ4v) is 3.60. The predicted octanol–water partition coefficient (Wildman–Crippen LogP) is 1.68. The van der Waals surface area contributed by atoms with Crippen molar-refractivity contribution >= 4 is 11.6 Å². The van der Waals surface area contributed by atoms with Gasteiger partial charge in [0.15, 0.2) is 0 Å². The van der Waals surface area contributed by atoms with Crippen LogP contribution in [-0.4, -0.2) is 36.5 Å². The third-order valence-electron chi connectivity index (χ3n) is 4.72. The van der Waals surface area contributed by atoms with Crippen LogP contribution >= 0.6 is 0 Å². The average molecular weight is 273 g/mol. The first-order chi connectivity index (χ1) is 9.63. The second-order valence-electron chi connectivity index (χ2n) is 6.13. The predicted molar refractivity (Wildman–Crippen MR) is 80.5 cm³/mol. The first-order valence-electron chi connectivity index (χ1n) is 7.45. The number of hydrogen-bond donors (Lipinski definition) is 2. The van der Waals surface area contributed by atoms with Gasteiger partial charge in [-0.05, 0) is 49.5 Å². The Bertz CT molecular complexity index is 485. The molecule has 108 valence electrons. The highest BCUT2D eigenvalue weighted by Crippen LogP contribution is 2.33. The molecule has 1 aromatic carbocycles. The van der Waals surface area contributed by atoms with Crippen LogP contribution in [0.3, 0.4) is 0 Å². The van der Waals surface area contributed by atoms with E-state index >= 15 is 0 Å². The molecule has 20 heavy (non-hydrogen) atoms. The summed E-state index contributed by atoms with van der Waals surface area (Å²) in [7, 11) is 0. The molecule has 0 aromatic heterocycles. The fraction of sp³-hybridized carbons (Fsp3) is 0.562. The number of amides is 1. The zero-order valence-electron chi connectivity index (χ0n) is 12.2. The number of carbonyl (C=O) groups is 1. The lowest BCUT2D eigenvalue weighted by atomic mass is 9.95. The summed E-state index contributed by atoms with van der Waals surface area (Å²) in [5.74, 6) is 1.61. The van der Waals surface area contributed by atoms with Crippen LogP contribution in [0.2, 0.25) is 0 Å². The van der Waals surface area contributed by atoms with Crippen molar-refractivity contribution in [3.63, 3.8) is 0 Å². The molecule has 4 nitrogen and oxygen atoms in total. The summed E-state index contributed by atoms with van der Waals surface area (Å²) < 4.78 is 0. The van der Waals surface area contributed by atoms with Gasteiger partial charge in [0.25, 0.3) is 0 Å².